The summed E-state index contributed by atoms with van der Waals surface area (Å²) in [4.78, 5) is 50.2. The number of ketones is 1. The first-order valence-corrected chi connectivity index (χ1v) is 12.6. The van der Waals surface area contributed by atoms with Crippen LogP contribution in [0.4, 0.5) is 5.69 Å². The molecule has 0 bridgehead atoms. The molecule has 7 nitrogen and oxygen atoms in total. The van der Waals surface area contributed by atoms with Crippen molar-refractivity contribution in [2.24, 2.45) is 11.8 Å². The van der Waals surface area contributed by atoms with E-state index in [4.69, 9.17) is 11.6 Å². The molecule has 3 heterocycles. The predicted molar refractivity (Wildman–Crippen MR) is 137 cm³/mol. The van der Waals surface area contributed by atoms with Crippen LogP contribution in [0.2, 0.25) is 5.02 Å². The van der Waals surface area contributed by atoms with E-state index >= 15 is 0 Å². The Hall–Kier alpha value is -3.58. The van der Waals surface area contributed by atoms with Crippen molar-refractivity contribution in [2.75, 3.05) is 11.9 Å². The molecule has 36 heavy (non-hydrogen) atoms. The molecule has 0 spiro atoms. The second-order valence-electron chi connectivity index (χ2n) is 9.47. The number of benzene rings is 1. The van der Waals surface area contributed by atoms with Gasteiger partial charge in [-0.25, -0.2) is 0 Å². The highest BCUT2D eigenvalue weighted by molar-refractivity contribution is 6.31. The zero-order valence-electron chi connectivity index (χ0n) is 19.8. The van der Waals surface area contributed by atoms with Crippen LogP contribution < -0.4 is 5.32 Å². The molecule has 8 heteroatoms. The summed E-state index contributed by atoms with van der Waals surface area (Å²) in [6.45, 7) is 0.441. The van der Waals surface area contributed by atoms with E-state index < -0.39 is 6.04 Å². The molecule has 1 fully saturated rings. The van der Waals surface area contributed by atoms with E-state index in [0.29, 0.717) is 34.9 Å². The van der Waals surface area contributed by atoms with Gasteiger partial charge in [0.25, 0.3) is 5.91 Å². The summed E-state index contributed by atoms with van der Waals surface area (Å²) in [5.74, 6) is -0.249. The fraction of sp³-hybridized carbons (Fsp3) is 0.321. The van der Waals surface area contributed by atoms with E-state index in [9.17, 15) is 14.4 Å². The maximum Gasteiger partial charge on any atom is 0.256 e. The number of nitrogens with zero attached hydrogens (tertiary/aromatic N) is 3. The minimum Gasteiger partial charge on any atom is -0.326 e. The van der Waals surface area contributed by atoms with Crippen molar-refractivity contribution in [3.8, 4) is 0 Å². The lowest BCUT2D eigenvalue weighted by Crippen LogP contribution is -2.49. The number of amides is 2. The number of aromatic nitrogens is 2. The Morgan fingerprint density at radius 3 is 2.42 bits per heavy atom. The molecule has 0 unspecified atom stereocenters. The average Bonchev–Trinajstić information content (AvgIpc) is 2.99. The van der Waals surface area contributed by atoms with Crippen molar-refractivity contribution in [1.82, 2.24) is 14.9 Å². The highest BCUT2D eigenvalue weighted by Gasteiger charge is 2.38. The lowest BCUT2D eigenvalue weighted by Gasteiger charge is -2.35. The van der Waals surface area contributed by atoms with Crippen LogP contribution in [-0.4, -0.2) is 45.1 Å². The maximum atomic E-state index is 13.7. The monoisotopic (exact) mass is 502 g/mol. The highest BCUT2D eigenvalue weighted by atomic mass is 35.5. The Labute approximate surface area is 214 Å². The standard InChI is InChI=1S/C28H27ClN4O3/c29-20-11-12-22-24(15-20)32-27(35)25(16-21-5-1-3-13-30-21)33(28(22)36)17-18-7-9-19(10-8-18)26(34)23-6-2-4-14-31-23/h1-6,11-15,18-19,25H,7-10,16-17H2,(H,32,35)/t18?,19?,25-/m1/s1. The van der Waals surface area contributed by atoms with E-state index in [2.05, 4.69) is 15.3 Å². The lowest BCUT2D eigenvalue weighted by molar-refractivity contribution is -0.120. The number of rotatable bonds is 6. The normalized spacial score (nSPS) is 21.9. The molecule has 1 N–H and O–H groups in total. The smallest absolute Gasteiger partial charge is 0.256 e. The molecular weight excluding hydrogens is 476 g/mol. The molecule has 1 aliphatic carbocycles. The van der Waals surface area contributed by atoms with Crippen LogP contribution in [-0.2, 0) is 11.2 Å². The zero-order valence-corrected chi connectivity index (χ0v) is 20.5. The highest BCUT2D eigenvalue weighted by Crippen LogP contribution is 2.34. The van der Waals surface area contributed by atoms with Gasteiger partial charge in [-0.3, -0.25) is 24.4 Å². The average molecular weight is 503 g/mol. The van der Waals surface area contributed by atoms with Gasteiger partial charge in [0.2, 0.25) is 5.91 Å². The Kier molecular flexibility index (Phi) is 7.09. The third-order valence-corrected chi connectivity index (χ3v) is 7.36. The van der Waals surface area contributed by atoms with Gasteiger partial charge < -0.3 is 10.2 Å². The number of pyridine rings is 2. The van der Waals surface area contributed by atoms with Crippen molar-refractivity contribution < 1.29 is 14.4 Å². The van der Waals surface area contributed by atoms with Crippen molar-refractivity contribution in [3.05, 3.63) is 89.0 Å². The molecule has 1 saturated carbocycles. The first-order chi connectivity index (χ1) is 17.5. The Morgan fingerprint density at radius 1 is 0.972 bits per heavy atom. The van der Waals surface area contributed by atoms with Crippen LogP contribution in [0.3, 0.4) is 0 Å². The van der Waals surface area contributed by atoms with E-state index in [0.717, 1.165) is 31.4 Å². The molecule has 1 aromatic carbocycles. The number of nitrogens with one attached hydrogen (secondary N) is 1. The molecule has 184 valence electrons. The predicted octanol–water partition coefficient (Wildman–Crippen LogP) is 4.82. The Balaban J connectivity index is 1.35. The molecule has 2 amide bonds. The number of anilines is 1. The fourth-order valence-corrected chi connectivity index (χ4v) is 5.37. The molecule has 1 aliphatic heterocycles. The van der Waals surface area contributed by atoms with E-state index in [-0.39, 0.29) is 29.4 Å². The Bertz CT molecular complexity index is 1260. The molecule has 0 saturated heterocycles. The number of hydrogen-bond donors (Lipinski definition) is 1. The van der Waals surface area contributed by atoms with Crippen LogP contribution in [0, 0.1) is 11.8 Å². The number of carbonyl (C=O) groups excluding carboxylic acids is 3. The number of halogens is 1. The summed E-state index contributed by atoms with van der Waals surface area (Å²) in [6, 6.07) is 15.2. The van der Waals surface area contributed by atoms with Gasteiger partial charge in [0, 0.05) is 42.0 Å². The van der Waals surface area contributed by atoms with Crippen LogP contribution in [0.1, 0.15) is 52.2 Å². The third-order valence-electron chi connectivity index (χ3n) is 7.13. The van der Waals surface area contributed by atoms with Crippen LogP contribution in [0.25, 0.3) is 0 Å². The van der Waals surface area contributed by atoms with E-state index in [1.807, 2.05) is 24.3 Å². The minimum atomic E-state index is -0.702. The van der Waals surface area contributed by atoms with Gasteiger partial charge in [0.15, 0.2) is 5.78 Å². The fourth-order valence-electron chi connectivity index (χ4n) is 5.19. The molecule has 2 aromatic heterocycles. The molecule has 5 rings (SSSR count). The quantitative estimate of drug-likeness (QED) is 0.487. The summed E-state index contributed by atoms with van der Waals surface area (Å²) < 4.78 is 0. The topological polar surface area (TPSA) is 92.3 Å². The summed E-state index contributed by atoms with van der Waals surface area (Å²) in [7, 11) is 0. The second kappa shape index (κ2) is 10.6. The zero-order chi connectivity index (χ0) is 25.1. The summed E-state index contributed by atoms with van der Waals surface area (Å²) in [5, 5.41) is 3.36. The van der Waals surface area contributed by atoms with Crippen LogP contribution >= 0.6 is 11.6 Å². The van der Waals surface area contributed by atoms with Gasteiger partial charge in [-0.05, 0) is 74.1 Å². The van der Waals surface area contributed by atoms with Gasteiger partial charge in [-0.1, -0.05) is 23.7 Å². The lowest BCUT2D eigenvalue weighted by atomic mass is 9.79. The van der Waals surface area contributed by atoms with Crippen molar-refractivity contribution in [1.29, 1.82) is 0 Å². The first-order valence-electron chi connectivity index (χ1n) is 12.3. The largest absolute Gasteiger partial charge is 0.326 e. The number of Topliss-reactive ketones (excluding diaryl/α,β-unsaturated/α-hetero) is 1. The third kappa shape index (κ3) is 5.16. The summed E-state index contributed by atoms with van der Waals surface area (Å²) >= 11 is 6.15. The Morgan fingerprint density at radius 2 is 1.72 bits per heavy atom. The van der Waals surface area contributed by atoms with Gasteiger partial charge in [0.05, 0.1) is 11.3 Å². The molecular formula is C28H27ClN4O3. The minimum absolute atomic E-state index is 0.0635. The van der Waals surface area contributed by atoms with Crippen LogP contribution in [0.15, 0.2) is 67.0 Å². The number of hydrogen-bond acceptors (Lipinski definition) is 5. The van der Waals surface area contributed by atoms with Crippen molar-refractivity contribution >= 4 is 34.9 Å². The van der Waals surface area contributed by atoms with Gasteiger partial charge in [-0.15, -0.1) is 0 Å². The maximum absolute atomic E-state index is 13.7. The van der Waals surface area contributed by atoms with Crippen molar-refractivity contribution in [2.45, 2.75) is 38.1 Å². The molecule has 1 atom stereocenters. The second-order valence-corrected chi connectivity index (χ2v) is 9.91. The van der Waals surface area contributed by atoms with Gasteiger partial charge in [0.1, 0.15) is 11.7 Å². The van der Waals surface area contributed by atoms with E-state index in [1.165, 1.54) is 0 Å². The van der Waals surface area contributed by atoms with Gasteiger partial charge >= 0.3 is 0 Å². The van der Waals surface area contributed by atoms with Crippen LogP contribution in [0.5, 0.6) is 0 Å². The SMILES string of the molecule is O=C(c1ccccn1)C1CCC(CN2C(=O)c3ccc(Cl)cc3NC(=O)[C@H]2Cc2ccccn2)CC1. The first kappa shape index (κ1) is 24.1. The summed E-state index contributed by atoms with van der Waals surface area (Å²) in [6.07, 6.45) is 6.73. The molecule has 2 aliphatic rings. The number of carbonyl (C=O) groups is 3. The van der Waals surface area contributed by atoms with Crippen molar-refractivity contribution in [3.63, 3.8) is 0 Å². The number of fused-ring (bicyclic) bond motifs is 1. The molecule has 3 aromatic rings. The van der Waals surface area contributed by atoms with E-state index in [1.54, 1.807) is 47.6 Å². The summed E-state index contributed by atoms with van der Waals surface area (Å²) in [5.41, 5.74) is 2.10. The van der Waals surface area contributed by atoms with Gasteiger partial charge in [-0.2, -0.15) is 0 Å². The molecule has 0 radical (unpaired) electrons.